The maximum atomic E-state index is 13.3. The molecule has 4 nitrogen and oxygen atoms in total. The molecule has 0 aliphatic rings. The lowest BCUT2D eigenvalue weighted by atomic mass is 10.1. The summed E-state index contributed by atoms with van der Waals surface area (Å²) in [4.78, 5) is 10.9. The van der Waals surface area contributed by atoms with Crippen molar-refractivity contribution in [2.45, 2.75) is 0 Å². The molecule has 0 spiro atoms. The highest BCUT2D eigenvalue weighted by atomic mass is 35.5. The fraction of sp³-hybridized carbons (Fsp3) is 0. The zero-order chi connectivity index (χ0) is 12.6. The molecule has 1 heterocycles. The molecule has 2 rings (SSSR count). The Morgan fingerprint density at radius 3 is 2.71 bits per heavy atom. The van der Waals surface area contributed by atoms with Crippen LogP contribution in [0.3, 0.4) is 0 Å². The zero-order valence-corrected chi connectivity index (χ0v) is 9.68. The van der Waals surface area contributed by atoms with Crippen LogP contribution in [0.2, 0.25) is 10.0 Å². The van der Waals surface area contributed by atoms with Crippen LogP contribution in [0.5, 0.6) is 0 Å². The molecule has 0 saturated carbocycles. The first-order valence-electron chi connectivity index (χ1n) is 4.42. The molecule has 0 saturated heterocycles. The molecule has 7 heteroatoms. The minimum absolute atomic E-state index is 0.0892. The number of hydrogen-bond acceptors (Lipinski definition) is 2. The third kappa shape index (κ3) is 2.11. The van der Waals surface area contributed by atoms with Crippen molar-refractivity contribution in [2.75, 3.05) is 0 Å². The van der Waals surface area contributed by atoms with E-state index in [1.807, 2.05) is 0 Å². The quantitative estimate of drug-likeness (QED) is 0.827. The summed E-state index contributed by atoms with van der Waals surface area (Å²) in [6.45, 7) is 0. The normalized spacial score (nSPS) is 10.5. The molecule has 0 aliphatic carbocycles. The highest BCUT2D eigenvalue weighted by Gasteiger charge is 2.18. The topological polar surface area (TPSA) is 66.0 Å². The molecule has 0 unspecified atom stereocenters. The number of aromatic carboxylic acids is 1. The highest BCUT2D eigenvalue weighted by molar-refractivity contribution is 6.36. The second-order valence-electron chi connectivity index (χ2n) is 3.21. The van der Waals surface area contributed by atoms with Gasteiger partial charge in [0.15, 0.2) is 0 Å². The van der Waals surface area contributed by atoms with Gasteiger partial charge in [0.25, 0.3) is 0 Å². The van der Waals surface area contributed by atoms with E-state index in [2.05, 4.69) is 10.2 Å². The summed E-state index contributed by atoms with van der Waals surface area (Å²) in [7, 11) is 0. The Morgan fingerprint density at radius 1 is 1.35 bits per heavy atom. The van der Waals surface area contributed by atoms with Crippen molar-refractivity contribution in [3.63, 3.8) is 0 Å². The second kappa shape index (κ2) is 4.35. The molecule has 1 aromatic heterocycles. The van der Waals surface area contributed by atoms with Crippen molar-refractivity contribution >= 4 is 29.2 Å². The highest BCUT2D eigenvalue weighted by Crippen LogP contribution is 2.32. The fourth-order valence-corrected chi connectivity index (χ4v) is 1.85. The molecule has 0 fully saturated rings. The summed E-state index contributed by atoms with van der Waals surface area (Å²) in [5.41, 5.74) is 0.246. The van der Waals surface area contributed by atoms with Crippen LogP contribution in [-0.2, 0) is 0 Å². The smallest absolute Gasteiger partial charge is 0.339 e. The second-order valence-corrected chi connectivity index (χ2v) is 4.02. The minimum atomic E-state index is -1.18. The van der Waals surface area contributed by atoms with Crippen LogP contribution in [0.4, 0.5) is 4.39 Å². The maximum Gasteiger partial charge on any atom is 0.339 e. The zero-order valence-electron chi connectivity index (χ0n) is 8.17. The Morgan fingerprint density at radius 2 is 2.06 bits per heavy atom. The number of aromatic amines is 1. The standard InChI is InChI=1S/C10H5Cl2FN2O2/c11-6-2-7(12)8(13)1-4(6)9-5(10(16)17)3-14-15-9/h1-3H,(H,14,15)(H,16,17). The molecule has 0 bridgehead atoms. The van der Waals surface area contributed by atoms with Crippen molar-refractivity contribution in [2.24, 2.45) is 0 Å². The number of benzene rings is 1. The van der Waals surface area contributed by atoms with E-state index in [1.165, 1.54) is 6.07 Å². The number of carbonyl (C=O) groups is 1. The average molecular weight is 275 g/mol. The number of carboxylic acid groups (broad SMARTS) is 1. The van der Waals surface area contributed by atoms with E-state index in [-0.39, 0.29) is 26.9 Å². The van der Waals surface area contributed by atoms with E-state index >= 15 is 0 Å². The maximum absolute atomic E-state index is 13.3. The van der Waals surface area contributed by atoms with Gasteiger partial charge >= 0.3 is 5.97 Å². The summed E-state index contributed by atoms with van der Waals surface area (Å²) < 4.78 is 13.3. The van der Waals surface area contributed by atoms with E-state index < -0.39 is 11.8 Å². The van der Waals surface area contributed by atoms with E-state index in [1.54, 1.807) is 0 Å². The van der Waals surface area contributed by atoms with Crippen LogP contribution < -0.4 is 0 Å². The molecule has 2 aromatic rings. The molecule has 1 aromatic carbocycles. The first-order chi connectivity index (χ1) is 8.00. The predicted octanol–water partition coefficient (Wildman–Crippen LogP) is 3.22. The summed E-state index contributed by atoms with van der Waals surface area (Å²) in [5, 5.41) is 15.0. The van der Waals surface area contributed by atoms with Crippen molar-refractivity contribution in [1.82, 2.24) is 10.2 Å². The average Bonchev–Trinajstić information content (AvgIpc) is 2.72. The Kier molecular flexibility index (Phi) is 3.04. The van der Waals surface area contributed by atoms with Crippen LogP contribution in [0.1, 0.15) is 10.4 Å². The van der Waals surface area contributed by atoms with Gasteiger partial charge < -0.3 is 5.11 Å². The van der Waals surface area contributed by atoms with Gasteiger partial charge in [-0.25, -0.2) is 9.18 Å². The van der Waals surface area contributed by atoms with Gasteiger partial charge in [0.1, 0.15) is 11.4 Å². The predicted molar refractivity (Wildman–Crippen MR) is 61.0 cm³/mol. The molecule has 17 heavy (non-hydrogen) atoms. The van der Waals surface area contributed by atoms with Crippen molar-refractivity contribution in [3.05, 3.63) is 39.8 Å². The monoisotopic (exact) mass is 274 g/mol. The third-order valence-corrected chi connectivity index (χ3v) is 2.75. The number of carboxylic acids is 1. The van der Waals surface area contributed by atoms with Gasteiger partial charge in [-0.05, 0) is 12.1 Å². The molecule has 88 valence electrons. The first kappa shape index (κ1) is 11.9. The van der Waals surface area contributed by atoms with Crippen LogP contribution in [0, 0.1) is 5.82 Å². The van der Waals surface area contributed by atoms with Gasteiger partial charge in [-0.2, -0.15) is 5.10 Å². The summed E-state index contributed by atoms with van der Waals surface area (Å²) in [6.07, 6.45) is 1.13. The number of nitrogens with one attached hydrogen (secondary N) is 1. The number of nitrogens with zero attached hydrogens (tertiary/aromatic N) is 1. The Bertz CT molecular complexity index is 598. The Balaban J connectivity index is 2.64. The molecule has 0 aliphatic heterocycles. The van der Waals surface area contributed by atoms with Gasteiger partial charge in [-0.3, -0.25) is 5.10 Å². The summed E-state index contributed by atoms with van der Waals surface area (Å²) >= 11 is 11.4. The molecular formula is C10H5Cl2FN2O2. The molecule has 0 atom stereocenters. The van der Waals surface area contributed by atoms with E-state index in [0.29, 0.717) is 0 Å². The van der Waals surface area contributed by atoms with Gasteiger partial charge in [0.2, 0.25) is 0 Å². The van der Waals surface area contributed by atoms with E-state index in [0.717, 1.165) is 12.3 Å². The van der Waals surface area contributed by atoms with Crippen LogP contribution in [0.25, 0.3) is 11.3 Å². The number of hydrogen-bond donors (Lipinski definition) is 2. The number of rotatable bonds is 2. The summed E-state index contributed by atoms with van der Waals surface area (Å²) in [5.74, 6) is -1.86. The van der Waals surface area contributed by atoms with Crippen LogP contribution >= 0.6 is 23.2 Å². The SMILES string of the molecule is O=C(O)c1cn[nH]c1-c1cc(F)c(Cl)cc1Cl. The van der Waals surface area contributed by atoms with Gasteiger partial charge in [0, 0.05) is 5.56 Å². The first-order valence-corrected chi connectivity index (χ1v) is 5.18. The van der Waals surface area contributed by atoms with Crippen LogP contribution in [-0.4, -0.2) is 21.3 Å². The Labute approximate surface area is 105 Å². The largest absolute Gasteiger partial charge is 0.478 e. The van der Waals surface area contributed by atoms with Crippen molar-refractivity contribution in [3.8, 4) is 11.3 Å². The number of halogens is 3. The minimum Gasteiger partial charge on any atom is -0.478 e. The van der Waals surface area contributed by atoms with Crippen molar-refractivity contribution in [1.29, 1.82) is 0 Å². The van der Waals surface area contributed by atoms with Gasteiger partial charge in [0.05, 0.1) is 21.9 Å². The molecule has 0 amide bonds. The number of H-pyrrole nitrogens is 1. The molecule has 0 radical (unpaired) electrons. The number of aromatic nitrogens is 2. The lowest BCUT2D eigenvalue weighted by molar-refractivity contribution is 0.0698. The lowest BCUT2D eigenvalue weighted by Crippen LogP contribution is -1.97. The van der Waals surface area contributed by atoms with E-state index in [9.17, 15) is 9.18 Å². The van der Waals surface area contributed by atoms with Gasteiger partial charge in [-0.1, -0.05) is 23.2 Å². The molecule has 2 N–H and O–H groups in total. The fourth-order valence-electron chi connectivity index (χ4n) is 1.37. The van der Waals surface area contributed by atoms with E-state index in [4.69, 9.17) is 28.3 Å². The Hall–Kier alpha value is -1.59. The van der Waals surface area contributed by atoms with Gasteiger partial charge in [-0.15, -0.1) is 0 Å². The molecular weight excluding hydrogens is 270 g/mol. The lowest BCUT2D eigenvalue weighted by Gasteiger charge is -2.04. The van der Waals surface area contributed by atoms with Crippen molar-refractivity contribution < 1.29 is 14.3 Å². The van der Waals surface area contributed by atoms with Crippen LogP contribution in [0.15, 0.2) is 18.3 Å². The third-order valence-electron chi connectivity index (χ3n) is 2.15. The summed E-state index contributed by atoms with van der Waals surface area (Å²) in [6, 6.07) is 2.27.